The van der Waals surface area contributed by atoms with Gasteiger partial charge >= 0.3 is 6.03 Å². The second-order valence-electron chi connectivity index (χ2n) is 5.15. The third-order valence-corrected chi connectivity index (χ3v) is 5.71. The molecule has 0 aliphatic carbocycles. The van der Waals surface area contributed by atoms with Gasteiger partial charge in [0.2, 0.25) is 10.9 Å². The number of urea groups is 1. The van der Waals surface area contributed by atoms with E-state index in [2.05, 4.69) is 15.5 Å². The van der Waals surface area contributed by atoms with E-state index in [1.165, 1.54) is 16.7 Å². The highest BCUT2D eigenvalue weighted by Crippen LogP contribution is 2.31. The Balaban J connectivity index is 1.64. The number of fused-ring (bicyclic) bond motifs is 3. The van der Waals surface area contributed by atoms with E-state index in [1.807, 2.05) is 28.7 Å². The number of para-hydroxylation sites is 1. The number of imide groups is 1. The second kappa shape index (κ2) is 5.50. The lowest BCUT2D eigenvalue weighted by molar-refractivity contribution is -0.126. The van der Waals surface area contributed by atoms with Gasteiger partial charge in [0.25, 0.3) is 0 Å². The number of carbonyl (C=O) groups excluding carboxylic acids is 2. The first-order valence-electron chi connectivity index (χ1n) is 7.13. The largest absolute Gasteiger partial charge is 0.336 e. The molecule has 7 nitrogen and oxygen atoms in total. The van der Waals surface area contributed by atoms with Crippen LogP contribution < -0.4 is 5.32 Å². The van der Waals surface area contributed by atoms with Crippen molar-refractivity contribution in [2.75, 3.05) is 13.1 Å². The highest BCUT2D eigenvalue weighted by atomic mass is 32.2. The van der Waals surface area contributed by atoms with Crippen molar-refractivity contribution in [1.82, 2.24) is 24.8 Å². The summed E-state index contributed by atoms with van der Waals surface area (Å²) in [4.78, 5) is 26.1. The third-order valence-electron chi connectivity index (χ3n) is 3.66. The van der Waals surface area contributed by atoms with E-state index >= 15 is 0 Å². The lowest BCUT2D eigenvalue weighted by Crippen LogP contribution is -2.39. The highest BCUT2D eigenvalue weighted by molar-refractivity contribution is 8.00. The number of thioether (sulfide) groups is 1. The van der Waals surface area contributed by atoms with Crippen LogP contribution >= 0.6 is 23.1 Å². The van der Waals surface area contributed by atoms with E-state index in [0.29, 0.717) is 18.2 Å². The van der Waals surface area contributed by atoms with Gasteiger partial charge in [-0.05, 0) is 19.1 Å². The average Bonchev–Trinajstić information content (AvgIpc) is 3.22. The first-order valence-corrected chi connectivity index (χ1v) is 8.83. The molecule has 0 bridgehead atoms. The van der Waals surface area contributed by atoms with Crippen molar-refractivity contribution in [2.24, 2.45) is 0 Å². The quantitative estimate of drug-likeness (QED) is 0.733. The van der Waals surface area contributed by atoms with Crippen LogP contribution in [-0.4, -0.2) is 49.8 Å². The summed E-state index contributed by atoms with van der Waals surface area (Å²) >= 11 is 2.88. The molecule has 1 saturated heterocycles. The van der Waals surface area contributed by atoms with Gasteiger partial charge in [-0.15, -0.1) is 10.2 Å². The van der Waals surface area contributed by atoms with Crippen LogP contribution in [0.4, 0.5) is 4.79 Å². The van der Waals surface area contributed by atoms with Gasteiger partial charge in [-0.2, -0.15) is 0 Å². The maximum absolute atomic E-state index is 12.4. The van der Waals surface area contributed by atoms with E-state index in [0.717, 1.165) is 15.2 Å². The van der Waals surface area contributed by atoms with Crippen LogP contribution in [0.5, 0.6) is 0 Å². The van der Waals surface area contributed by atoms with Crippen molar-refractivity contribution in [2.45, 2.75) is 17.3 Å². The van der Waals surface area contributed by atoms with Gasteiger partial charge < -0.3 is 5.32 Å². The van der Waals surface area contributed by atoms with Gasteiger partial charge in [-0.1, -0.05) is 35.2 Å². The monoisotopic (exact) mass is 347 g/mol. The molecule has 23 heavy (non-hydrogen) atoms. The summed E-state index contributed by atoms with van der Waals surface area (Å²) in [7, 11) is 0. The number of thiazole rings is 1. The van der Waals surface area contributed by atoms with Crippen molar-refractivity contribution in [1.29, 1.82) is 0 Å². The Morgan fingerprint density at radius 2 is 2.22 bits per heavy atom. The molecule has 3 amide bonds. The molecule has 3 aromatic rings. The predicted molar refractivity (Wildman–Crippen MR) is 88.8 cm³/mol. The number of hydrogen-bond acceptors (Lipinski definition) is 6. The Morgan fingerprint density at radius 3 is 3.00 bits per heavy atom. The van der Waals surface area contributed by atoms with E-state index in [9.17, 15) is 9.59 Å². The van der Waals surface area contributed by atoms with Gasteiger partial charge in [-0.3, -0.25) is 14.1 Å². The highest BCUT2D eigenvalue weighted by Gasteiger charge is 2.31. The Morgan fingerprint density at radius 1 is 1.39 bits per heavy atom. The fourth-order valence-electron chi connectivity index (χ4n) is 2.54. The summed E-state index contributed by atoms with van der Waals surface area (Å²) in [6.07, 6.45) is 0. The summed E-state index contributed by atoms with van der Waals surface area (Å²) < 4.78 is 3.08. The Labute approximate surface area is 139 Å². The molecule has 1 aromatic carbocycles. The maximum Gasteiger partial charge on any atom is 0.324 e. The summed E-state index contributed by atoms with van der Waals surface area (Å²) in [5.41, 5.74) is 1.03. The number of rotatable bonds is 3. The summed E-state index contributed by atoms with van der Waals surface area (Å²) in [5, 5.41) is 11.3. The normalized spacial score (nSPS) is 16.2. The topological polar surface area (TPSA) is 79.6 Å². The van der Waals surface area contributed by atoms with Gasteiger partial charge in [0.05, 0.1) is 15.5 Å². The van der Waals surface area contributed by atoms with Crippen molar-refractivity contribution < 1.29 is 9.59 Å². The Kier molecular flexibility index (Phi) is 3.46. The molecule has 0 spiro atoms. The molecule has 1 N–H and O–H groups in total. The first-order chi connectivity index (χ1) is 11.1. The number of hydrogen-bond donors (Lipinski definition) is 1. The van der Waals surface area contributed by atoms with Crippen molar-refractivity contribution in [3.05, 3.63) is 24.3 Å². The van der Waals surface area contributed by atoms with Crippen LogP contribution in [0.1, 0.15) is 6.92 Å². The van der Waals surface area contributed by atoms with E-state index < -0.39 is 5.25 Å². The molecular weight excluding hydrogens is 334 g/mol. The Bertz CT molecular complexity index is 918. The molecule has 1 unspecified atom stereocenters. The molecule has 0 saturated carbocycles. The smallest absolute Gasteiger partial charge is 0.324 e. The van der Waals surface area contributed by atoms with Crippen LogP contribution in [0, 0.1) is 0 Å². The van der Waals surface area contributed by atoms with Crippen LogP contribution in [0.25, 0.3) is 15.2 Å². The molecule has 1 fully saturated rings. The standard InChI is InChI=1S/C14H13N5O2S2/c1-8(11(20)18-7-6-15-12(18)21)22-13-16-17-14-19(13)9-4-2-3-5-10(9)23-14/h2-5,8H,6-7H2,1H3,(H,15,21). The van der Waals surface area contributed by atoms with Gasteiger partial charge in [0, 0.05) is 13.1 Å². The van der Waals surface area contributed by atoms with E-state index in [1.54, 1.807) is 18.3 Å². The lowest BCUT2D eigenvalue weighted by atomic mass is 10.3. The molecular formula is C14H13N5O2S2. The zero-order valence-electron chi connectivity index (χ0n) is 12.2. The minimum atomic E-state index is -0.412. The molecule has 0 radical (unpaired) electrons. The van der Waals surface area contributed by atoms with Crippen LogP contribution in [0.2, 0.25) is 0 Å². The fraction of sp³-hybridized carbons (Fsp3) is 0.286. The molecule has 1 aliphatic rings. The van der Waals surface area contributed by atoms with Crippen molar-refractivity contribution in [3.8, 4) is 0 Å². The number of carbonyl (C=O) groups is 2. The second-order valence-corrected chi connectivity index (χ2v) is 7.47. The SMILES string of the molecule is CC(Sc1nnc2sc3ccccc3n12)C(=O)N1CCNC1=O. The van der Waals surface area contributed by atoms with E-state index in [-0.39, 0.29) is 11.9 Å². The lowest BCUT2D eigenvalue weighted by Gasteiger charge is -2.16. The van der Waals surface area contributed by atoms with Gasteiger partial charge in [-0.25, -0.2) is 4.79 Å². The molecule has 1 atom stereocenters. The minimum absolute atomic E-state index is 0.207. The summed E-state index contributed by atoms with van der Waals surface area (Å²) in [5.74, 6) is -0.207. The van der Waals surface area contributed by atoms with Crippen LogP contribution in [-0.2, 0) is 4.79 Å². The number of aromatic nitrogens is 3. The molecule has 4 rings (SSSR count). The Hall–Kier alpha value is -2.13. The first kappa shape index (κ1) is 14.5. The van der Waals surface area contributed by atoms with Crippen molar-refractivity contribution >= 4 is 50.2 Å². The summed E-state index contributed by atoms with van der Waals surface area (Å²) in [6, 6.07) is 7.66. The summed E-state index contributed by atoms with van der Waals surface area (Å²) in [6.45, 7) is 2.71. The van der Waals surface area contributed by atoms with Crippen LogP contribution in [0.15, 0.2) is 29.4 Å². The van der Waals surface area contributed by atoms with Crippen molar-refractivity contribution in [3.63, 3.8) is 0 Å². The third kappa shape index (κ3) is 2.36. The predicted octanol–water partition coefficient (Wildman–Crippen LogP) is 1.98. The number of benzene rings is 1. The molecule has 9 heteroatoms. The number of nitrogens with zero attached hydrogens (tertiary/aromatic N) is 4. The molecule has 3 heterocycles. The molecule has 2 aromatic heterocycles. The maximum atomic E-state index is 12.4. The van der Waals surface area contributed by atoms with Gasteiger partial charge in [0.15, 0.2) is 5.16 Å². The zero-order chi connectivity index (χ0) is 16.0. The molecule has 1 aliphatic heterocycles. The fourth-order valence-corrected chi connectivity index (χ4v) is 4.49. The number of amides is 3. The minimum Gasteiger partial charge on any atom is -0.336 e. The number of nitrogens with one attached hydrogen (secondary N) is 1. The van der Waals surface area contributed by atoms with E-state index in [4.69, 9.17) is 0 Å². The molecule has 118 valence electrons. The zero-order valence-corrected chi connectivity index (χ0v) is 13.9. The average molecular weight is 347 g/mol. The van der Waals surface area contributed by atoms with Crippen LogP contribution in [0.3, 0.4) is 0 Å². The van der Waals surface area contributed by atoms with Gasteiger partial charge in [0.1, 0.15) is 0 Å².